The van der Waals surface area contributed by atoms with Gasteiger partial charge in [0.05, 0.1) is 12.9 Å². The highest BCUT2D eigenvalue weighted by Gasteiger charge is 2.37. The molecule has 0 radical (unpaired) electrons. The zero-order valence-electron chi connectivity index (χ0n) is 9.60. The van der Waals surface area contributed by atoms with E-state index >= 15 is 0 Å². The predicted octanol–water partition coefficient (Wildman–Crippen LogP) is 2.92. The minimum Gasteiger partial charge on any atom is -0.270 e. The molecule has 2 atom stereocenters. The van der Waals surface area contributed by atoms with Gasteiger partial charge >= 0.3 is 0 Å². The van der Waals surface area contributed by atoms with Gasteiger partial charge in [0.1, 0.15) is 0 Å². The van der Waals surface area contributed by atoms with Gasteiger partial charge in [-0.2, -0.15) is 8.42 Å². The molecule has 0 aromatic heterocycles. The minimum absolute atomic E-state index is 0.302. The van der Waals surface area contributed by atoms with Gasteiger partial charge < -0.3 is 0 Å². The molecule has 0 aliphatic heterocycles. The van der Waals surface area contributed by atoms with E-state index in [1.807, 2.05) is 12.1 Å². The van der Waals surface area contributed by atoms with Gasteiger partial charge in [0, 0.05) is 4.47 Å². The van der Waals surface area contributed by atoms with Crippen molar-refractivity contribution in [2.75, 3.05) is 12.9 Å². The third-order valence-electron chi connectivity index (χ3n) is 3.01. The van der Waals surface area contributed by atoms with Crippen LogP contribution in [0.25, 0.3) is 0 Å². The molecule has 0 amide bonds. The molecule has 94 valence electrons. The monoisotopic (exact) mass is 318 g/mol. The summed E-state index contributed by atoms with van der Waals surface area (Å²) in [6.07, 6.45) is 3.04. The zero-order chi connectivity index (χ0) is 12.5. The fourth-order valence-corrected chi connectivity index (χ4v) is 2.70. The molecule has 0 unspecified atom stereocenters. The number of benzene rings is 1. The molecule has 0 spiro atoms. The Hall–Kier alpha value is -0.390. The van der Waals surface area contributed by atoms with E-state index in [0.717, 1.165) is 23.6 Å². The minimum atomic E-state index is -3.29. The number of hydrogen-bond donors (Lipinski definition) is 0. The highest BCUT2D eigenvalue weighted by Crippen LogP contribution is 2.49. The molecule has 1 aromatic rings. The zero-order valence-corrected chi connectivity index (χ0v) is 12.0. The van der Waals surface area contributed by atoms with E-state index in [1.165, 1.54) is 5.56 Å². The van der Waals surface area contributed by atoms with Crippen molar-refractivity contribution in [3.05, 3.63) is 34.3 Å². The predicted molar refractivity (Wildman–Crippen MR) is 70.4 cm³/mol. The average molecular weight is 319 g/mol. The molecule has 2 rings (SSSR count). The summed E-state index contributed by atoms with van der Waals surface area (Å²) >= 11 is 3.41. The van der Waals surface area contributed by atoms with Crippen LogP contribution in [0.1, 0.15) is 24.3 Å². The Labute approximate surface area is 110 Å². The lowest BCUT2D eigenvalue weighted by molar-refractivity contribution is 0.307. The number of halogens is 1. The fourth-order valence-electron chi connectivity index (χ4n) is 2.04. The van der Waals surface area contributed by atoms with Crippen LogP contribution in [0.3, 0.4) is 0 Å². The Bertz CT molecular complexity index is 481. The molecule has 5 heteroatoms. The molecule has 0 bridgehead atoms. The van der Waals surface area contributed by atoms with Crippen molar-refractivity contribution in [1.82, 2.24) is 0 Å². The van der Waals surface area contributed by atoms with Gasteiger partial charge in [-0.3, -0.25) is 4.18 Å². The first kappa shape index (κ1) is 13.1. The van der Waals surface area contributed by atoms with Crippen LogP contribution in [0.2, 0.25) is 0 Å². The molecule has 1 fully saturated rings. The van der Waals surface area contributed by atoms with Crippen molar-refractivity contribution < 1.29 is 12.6 Å². The van der Waals surface area contributed by atoms with Crippen LogP contribution in [-0.4, -0.2) is 21.3 Å². The van der Waals surface area contributed by atoms with E-state index in [1.54, 1.807) is 0 Å². The lowest BCUT2D eigenvalue weighted by Gasteiger charge is -2.02. The van der Waals surface area contributed by atoms with Crippen LogP contribution in [0.15, 0.2) is 28.7 Å². The molecule has 1 aliphatic rings. The average Bonchev–Trinajstić information content (AvgIpc) is 2.96. The van der Waals surface area contributed by atoms with Gasteiger partial charge in [-0.1, -0.05) is 28.1 Å². The number of hydrogen-bond acceptors (Lipinski definition) is 3. The molecule has 0 heterocycles. The maximum Gasteiger partial charge on any atom is 0.264 e. The maximum absolute atomic E-state index is 10.8. The van der Waals surface area contributed by atoms with Gasteiger partial charge in [-0.25, -0.2) is 0 Å². The highest BCUT2D eigenvalue weighted by atomic mass is 79.9. The van der Waals surface area contributed by atoms with Gasteiger partial charge in [-0.05, 0) is 42.4 Å². The summed E-state index contributed by atoms with van der Waals surface area (Å²) in [6, 6.07) is 8.31. The second kappa shape index (κ2) is 5.08. The molecule has 3 nitrogen and oxygen atoms in total. The second-order valence-electron chi connectivity index (χ2n) is 4.47. The Morgan fingerprint density at radius 1 is 1.35 bits per heavy atom. The summed E-state index contributed by atoms with van der Waals surface area (Å²) in [4.78, 5) is 0. The topological polar surface area (TPSA) is 43.4 Å². The van der Waals surface area contributed by atoms with E-state index in [0.29, 0.717) is 18.4 Å². The van der Waals surface area contributed by atoms with Crippen LogP contribution in [0, 0.1) is 5.92 Å². The van der Waals surface area contributed by atoms with Crippen LogP contribution >= 0.6 is 15.9 Å². The van der Waals surface area contributed by atoms with Crippen LogP contribution < -0.4 is 0 Å². The van der Waals surface area contributed by atoms with Gasteiger partial charge in [0.2, 0.25) is 0 Å². The molecule has 0 saturated heterocycles. The molecule has 17 heavy (non-hydrogen) atoms. The van der Waals surface area contributed by atoms with E-state index in [2.05, 4.69) is 28.1 Å². The van der Waals surface area contributed by atoms with E-state index < -0.39 is 10.1 Å². The summed E-state index contributed by atoms with van der Waals surface area (Å²) in [5.74, 6) is 1.14. The summed E-state index contributed by atoms with van der Waals surface area (Å²) in [6.45, 7) is 0.302. The molecular weight excluding hydrogens is 304 g/mol. The molecule has 1 aliphatic carbocycles. The Kier molecular flexibility index (Phi) is 3.90. The Morgan fingerprint density at radius 2 is 2.00 bits per heavy atom. The van der Waals surface area contributed by atoms with Crippen molar-refractivity contribution in [2.45, 2.75) is 18.8 Å². The van der Waals surface area contributed by atoms with Gasteiger partial charge in [0.25, 0.3) is 10.1 Å². The van der Waals surface area contributed by atoms with Crippen molar-refractivity contribution in [3.8, 4) is 0 Å². The largest absolute Gasteiger partial charge is 0.270 e. The van der Waals surface area contributed by atoms with Crippen LogP contribution in [0.5, 0.6) is 0 Å². The van der Waals surface area contributed by atoms with Crippen molar-refractivity contribution >= 4 is 26.0 Å². The molecule has 0 N–H and O–H groups in total. The van der Waals surface area contributed by atoms with Gasteiger partial charge in [-0.15, -0.1) is 0 Å². The standard InChI is InChI=1S/C12H15BrO3S/c1-17(14,15)16-7-6-10-8-12(10)9-2-4-11(13)5-3-9/h2-5,10,12H,6-8H2,1H3/t10-,12+/m1/s1. The first-order valence-electron chi connectivity index (χ1n) is 5.55. The molecule has 1 aromatic carbocycles. The lowest BCUT2D eigenvalue weighted by Crippen LogP contribution is -2.04. The first-order valence-corrected chi connectivity index (χ1v) is 8.16. The lowest BCUT2D eigenvalue weighted by atomic mass is 10.1. The third kappa shape index (κ3) is 4.08. The second-order valence-corrected chi connectivity index (χ2v) is 7.03. The van der Waals surface area contributed by atoms with Crippen LogP contribution in [0.4, 0.5) is 0 Å². The van der Waals surface area contributed by atoms with E-state index in [4.69, 9.17) is 4.18 Å². The number of rotatable bonds is 5. The summed E-state index contributed by atoms with van der Waals surface area (Å²) in [7, 11) is -3.29. The first-order chi connectivity index (χ1) is 7.96. The smallest absolute Gasteiger partial charge is 0.264 e. The van der Waals surface area contributed by atoms with Crippen molar-refractivity contribution in [1.29, 1.82) is 0 Å². The SMILES string of the molecule is CS(=O)(=O)OCC[C@@H]1C[C@H]1c1ccc(Br)cc1. The van der Waals surface area contributed by atoms with Crippen molar-refractivity contribution in [3.63, 3.8) is 0 Å². The summed E-state index contributed by atoms with van der Waals surface area (Å²) in [5, 5.41) is 0. The highest BCUT2D eigenvalue weighted by molar-refractivity contribution is 9.10. The summed E-state index contributed by atoms with van der Waals surface area (Å²) in [5.41, 5.74) is 1.33. The molecule has 1 saturated carbocycles. The fraction of sp³-hybridized carbons (Fsp3) is 0.500. The normalized spacial score (nSPS) is 23.6. The third-order valence-corrected chi connectivity index (χ3v) is 4.13. The van der Waals surface area contributed by atoms with E-state index in [-0.39, 0.29) is 0 Å². The van der Waals surface area contributed by atoms with Gasteiger partial charge in [0.15, 0.2) is 0 Å². The van der Waals surface area contributed by atoms with E-state index in [9.17, 15) is 8.42 Å². The Balaban J connectivity index is 1.79. The van der Waals surface area contributed by atoms with Crippen molar-refractivity contribution in [2.24, 2.45) is 5.92 Å². The van der Waals surface area contributed by atoms with Crippen LogP contribution in [-0.2, 0) is 14.3 Å². The Morgan fingerprint density at radius 3 is 2.59 bits per heavy atom. The maximum atomic E-state index is 10.8. The summed E-state index contributed by atoms with van der Waals surface area (Å²) < 4.78 is 27.4. The molecular formula is C12H15BrO3S. The quantitative estimate of drug-likeness (QED) is 0.784.